The maximum atomic E-state index is 6.00. The molecule has 0 spiro atoms. The van der Waals surface area contributed by atoms with Crippen molar-refractivity contribution in [2.24, 2.45) is 0 Å². The van der Waals surface area contributed by atoms with Crippen LogP contribution in [0.25, 0.3) is 0 Å². The van der Waals surface area contributed by atoms with Gasteiger partial charge in [0.1, 0.15) is 0 Å². The van der Waals surface area contributed by atoms with Gasteiger partial charge in [-0.15, -0.1) is 0 Å². The molecule has 0 aliphatic carbocycles. The van der Waals surface area contributed by atoms with Crippen LogP contribution >= 0.6 is 0 Å². The third-order valence-corrected chi connectivity index (χ3v) is 5.39. The zero-order valence-corrected chi connectivity index (χ0v) is 20.4. The van der Waals surface area contributed by atoms with E-state index in [4.69, 9.17) is 37.9 Å². The van der Waals surface area contributed by atoms with Crippen LogP contribution in [0.15, 0.2) is 0 Å². The summed E-state index contributed by atoms with van der Waals surface area (Å²) in [5, 5.41) is 0. The molecular weight excluding hydrogens is 404 g/mol. The van der Waals surface area contributed by atoms with Crippen molar-refractivity contribution in [3.05, 3.63) is 0 Å². The molecule has 2 fully saturated rings. The molecule has 8 nitrogen and oxygen atoms in total. The minimum absolute atomic E-state index is 0.0378. The molecule has 8 heteroatoms. The molecule has 0 N–H and O–H groups in total. The van der Waals surface area contributed by atoms with Gasteiger partial charge in [-0.1, -0.05) is 27.7 Å². The van der Waals surface area contributed by atoms with Gasteiger partial charge in [-0.25, -0.2) is 0 Å². The largest absolute Gasteiger partial charge is 0.352 e. The second-order valence-electron chi connectivity index (χ2n) is 8.27. The smallest absolute Gasteiger partial charge is 0.285 e. The molecule has 2 saturated heterocycles. The summed E-state index contributed by atoms with van der Waals surface area (Å²) in [5.41, 5.74) is 0. The molecular formula is C23H44O8. The molecule has 0 radical (unpaired) electrons. The van der Waals surface area contributed by atoms with Crippen molar-refractivity contribution < 1.29 is 37.9 Å². The Morgan fingerprint density at radius 1 is 0.710 bits per heavy atom. The summed E-state index contributed by atoms with van der Waals surface area (Å²) in [6, 6.07) is 0. The molecule has 6 atom stereocenters. The lowest BCUT2D eigenvalue weighted by Gasteiger charge is -2.30. The third-order valence-electron chi connectivity index (χ3n) is 5.39. The van der Waals surface area contributed by atoms with Gasteiger partial charge in [0.05, 0.1) is 25.4 Å². The Hall–Kier alpha value is -0.320. The van der Waals surface area contributed by atoms with Crippen LogP contribution in [-0.2, 0) is 37.9 Å². The summed E-state index contributed by atoms with van der Waals surface area (Å²) in [4.78, 5) is 0. The highest BCUT2D eigenvalue weighted by Gasteiger charge is 2.42. The van der Waals surface area contributed by atoms with Crippen molar-refractivity contribution in [1.82, 2.24) is 0 Å². The van der Waals surface area contributed by atoms with Crippen LogP contribution < -0.4 is 0 Å². The van der Waals surface area contributed by atoms with Gasteiger partial charge >= 0.3 is 0 Å². The molecule has 2 heterocycles. The molecule has 184 valence electrons. The molecule has 31 heavy (non-hydrogen) atoms. The molecule has 2 rings (SSSR count). The van der Waals surface area contributed by atoms with E-state index in [0.717, 1.165) is 32.1 Å². The molecule has 0 aromatic heterocycles. The van der Waals surface area contributed by atoms with Crippen LogP contribution in [0.3, 0.4) is 0 Å². The number of ether oxygens (including phenoxy) is 8. The van der Waals surface area contributed by atoms with E-state index in [2.05, 4.69) is 0 Å². The monoisotopic (exact) mass is 448 g/mol. The summed E-state index contributed by atoms with van der Waals surface area (Å²) in [5.74, 6) is -1.94. The molecule has 0 aromatic rings. The number of hydrogen-bond donors (Lipinski definition) is 0. The summed E-state index contributed by atoms with van der Waals surface area (Å²) >= 11 is 0. The number of unbranched alkanes of at least 4 members (excludes halogenated alkanes) is 2. The van der Waals surface area contributed by atoms with Crippen LogP contribution in [0.4, 0.5) is 0 Å². The van der Waals surface area contributed by atoms with E-state index in [9.17, 15) is 0 Å². The van der Waals surface area contributed by atoms with E-state index < -0.39 is 11.9 Å². The average Bonchev–Trinajstić information content (AvgIpc) is 3.34. The maximum absolute atomic E-state index is 6.00. The van der Waals surface area contributed by atoms with Gasteiger partial charge in [0, 0.05) is 26.1 Å². The fraction of sp³-hybridized carbons (Fsp3) is 1.00. The molecule has 6 unspecified atom stereocenters. The van der Waals surface area contributed by atoms with E-state index in [0.29, 0.717) is 39.3 Å². The SMILES string of the molecule is CCC(OCCCCCOC(CC)OC1(CC)OCC(C)O1)OC1(CC)OCC(C)O1. The lowest BCUT2D eigenvalue weighted by Crippen LogP contribution is -2.38. The minimum atomic E-state index is -0.969. The van der Waals surface area contributed by atoms with E-state index >= 15 is 0 Å². The summed E-state index contributed by atoms with van der Waals surface area (Å²) in [7, 11) is 0. The normalized spacial score (nSPS) is 33.1. The maximum Gasteiger partial charge on any atom is 0.285 e. The first kappa shape index (κ1) is 26.9. The van der Waals surface area contributed by atoms with Gasteiger partial charge in [0.15, 0.2) is 12.6 Å². The van der Waals surface area contributed by atoms with Gasteiger partial charge in [0.2, 0.25) is 0 Å². The quantitative estimate of drug-likeness (QED) is 0.249. The van der Waals surface area contributed by atoms with Gasteiger partial charge < -0.3 is 28.4 Å². The molecule has 0 bridgehead atoms. The van der Waals surface area contributed by atoms with Crippen LogP contribution in [0, 0.1) is 0 Å². The molecule has 2 aliphatic heterocycles. The predicted octanol–water partition coefficient (Wildman–Crippen LogP) is 4.69. The highest BCUT2D eigenvalue weighted by Crippen LogP contribution is 2.31. The first-order valence-electron chi connectivity index (χ1n) is 12.1. The van der Waals surface area contributed by atoms with Gasteiger partial charge in [-0.05, 0) is 46.0 Å². The highest BCUT2D eigenvalue weighted by molar-refractivity contribution is 4.69. The van der Waals surface area contributed by atoms with Crippen molar-refractivity contribution in [3.63, 3.8) is 0 Å². The van der Waals surface area contributed by atoms with Crippen LogP contribution in [0.2, 0.25) is 0 Å². The van der Waals surface area contributed by atoms with Crippen molar-refractivity contribution in [2.45, 2.75) is 123 Å². The van der Waals surface area contributed by atoms with Crippen LogP contribution in [0.5, 0.6) is 0 Å². The van der Waals surface area contributed by atoms with E-state index in [1.165, 1.54) is 0 Å². The summed E-state index contributed by atoms with van der Waals surface area (Å²) in [6.45, 7) is 14.4. The zero-order valence-electron chi connectivity index (χ0n) is 20.4. The standard InChI is InChI=1S/C23H44O8/c1-7-20(30-22(9-3)26-16-18(5)28-22)24-14-12-11-13-15-25-21(8-2)31-23(10-4)27-17-19(6)29-23/h18-21H,7-17H2,1-6H3. The molecule has 0 aromatic carbocycles. The molecule has 0 saturated carbocycles. The highest BCUT2D eigenvalue weighted by atomic mass is 16.9. The minimum Gasteiger partial charge on any atom is -0.352 e. The van der Waals surface area contributed by atoms with E-state index in [1.54, 1.807) is 0 Å². The Balaban J connectivity index is 1.58. The van der Waals surface area contributed by atoms with Crippen molar-refractivity contribution >= 4 is 0 Å². The Labute approximate surface area is 188 Å². The molecule has 0 amide bonds. The van der Waals surface area contributed by atoms with Gasteiger partial charge in [-0.3, -0.25) is 9.47 Å². The fourth-order valence-electron chi connectivity index (χ4n) is 3.58. The zero-order chi connectivity index (χ0) is 22.7. The predicted molar refractivity (Wildman–Crippen MR) is 115 cm³/mol. The van der Waals surface area contributed by atoms with Crippen LogP contribution in [0.1, 0.15) is 86.5 Å². The Kier molecular flexibility index (Phi) is 11.6. The van der Waals surface area contributed by atoms with Crippen LogP contribution in [-0.4, -0.2) is 63.2 Å². The number of rotatable bonds is 16. The topological polar surface area (TPSA) is 73.8 Å². The second-order valence-corrected chi connectivity index (χ2v) is 8.27. The molecule has 2 aliphatic rings. The van der Waals surface area contributed by atoms with Crippen molar-refractivity contribution in [2.75, 3.05) is 26.4 Å². The Morgan fingerprint density at radius 2 is 1.13 bits per heavy atom. The Morgan fingerprint density at radius 3 is 1.42 bits per heavy atom. The Bertz CT molecular complexity index is 450. The van der Waals surface area contributed by atoms with E-state index in [-0.39, 0.29) is 24.8 Å². The van der Waals surface area contributed by atoms with Crippen molar-refractivity contribution in [1.29, 1.82) is 0 Å². The lowest BCUT2D eigenvalue weighted by molar-refractivity contribution is -0.386. The van der Waals surface area contributed by atoms with Gasteiger partial charge in [0.25, 0.3) is 11.9 Å². The second kappa shape index (κ2) is 13.4. The third kappa shape index (κ3) is 8.51. The van der Waals surface area contributed by atoms with E-state index in [1.807, 2.05) is 41.5 Å². The summed E-state index contributed by atoms with van der Waals surface area (Å²) in [6.07, 6.45) is 5.00. The lowest BCUT2D eigenvalue weighted by atomic mass is 10.2. The number of hydrogen-bond acceptors (Lipinski definition) is 8. The first-order valence-corrected chi connectivity index (χ1v) is 12.1. The van der Waals surface area contributed by atoms with Gasteiger partial charge in [-0.2, -0.15) is 0 Å². The fourth-order valence-corrected chi connectivity index (χ4v) is 3.58. The average molecular weight is 449 g/mol. The first-order chi connectivity index (χ1) is 14.9. The summed E-state index contributed by atoms with van der Waals surface area (Å²) < 4.78 is 46.9. The van der Waals surface area contributed by atoms with Crippen molar-refractivity contribution in [3.8, 4) is 0 Å².